The first-order chi connectivity index (χ1) is 12.3. The van der Waals surface area contributed by atoms with Gasteiger partial charge in [0, 0.05) is 12.8 Å². The lowest BCUT2D eigenvalue weighted by Crippen LogP contribution is -2.44. The highest BCUT2D eigenvalue weighted by Gasteiger charge is 2.47. The number of rotatable bonds is 9. The van der Waals surface area contributed by atoms with Gasteiger partial charge in [0.1, 0.15) is 16.9 Å². The Kier molecular flexibility index (Phi) is 6.64. The van der Waals surface area contributed by atoms with Gasteiger partial charge in [-0.15, -0.1) is 0 Å². The highest BCUT2D eigenvalue weighted by atomic mass is 16.5. The van der Waals surface area contributed by atoms with E-state index in [2.05, 4.69) is 5.32 Å². The van der Waals surface area contributed by atoms with Gasteiger partial charge in [-0.1, -0.05) is 6.92 Å². The van der Waals surface area contributed by atoms with E-state index in [0.717, 1.165) is 19.3 Å². The average Bonchev–Trinajstić information content (AvgIpc) is 3.47. The minimum Gasteiger partial charge on any atom is -0.490 e. The molecule has 1 amide bonds. The van der Waals surface area contributed by atoms with Crippen molar-refractivity contribution in [3.63, 3.8) is 0 Å². The predicted octanol–water partition coefficient (Wildman–Crippen LogP) is 3.79. The molecule has 2 atom stereocenters. The zero-order valence-corrected chi connectivity index (χ0v) is 16.3. The number of hydrogen-bond donors (Lipinski definition) is 1. The third-order valence-electron chi connectivity index (χ3n) is 4.87. The van der Waals surface area contributed by atoms with Crippen LogP contribution < -0.4 is 10.1 Å². The largest absolute Gasteiger partial charge is 0.490 e. The second-order valence-corrected chi connectivity index (χ2v) is 6.81. The Morgan fingerprint density at radius 2 is 2.00 bits per heavy atom. The molecular weight excluding hydrogens is 334 g/mol. The Bertz CT molecular complexity index is 656. The number of hydrogen-bond acceptors (Lipinski definition) is 5. The summed E-state index contributed by atoms with van der Waals surface area (Å²) in [5.41, 5.74) is -0.0512. The van der Waals surface area contributed by atoms with Crippen molar-refractivity contribution in [2.45, 2.75) is 58.7 Å². The topological polar surface area (TPSA) is 73.9 Å². The molecule has 0 radical (unpaired) electrons. The molecule has 1 aliphatic carbocycles. The molecule has 2 rings (SSSR count). The number of amides is 1. The molecule has 144 valence electrons. The maximum Gasteiger partial charge on any atom is 0.341 e. The van der Waals surface area contributed by atoms with Gasteiger partial charge in [0.2, 0.25) is 0 Å². The molecule has 1 fully saturated rings. The van der Waals surface area contributed by atoms with E-state index < -0.39 is 11.6 Å². The molecule has 0 heterocycles. The monoisotopic (exact) mass is 363 g/mol. The molecule has 0 spiro atoms. The molecule has 6 nitrogen and oxygen atoms in total. The van der Waals surface area contributed by atoms with Gasteiger partial charge >= 0.3 is 5.97 Å². The molecule has 0 bridgehead atoms. The van der Waals surface area contributed by atoms with Crippen LogP contribution in [0.2, 0.25) is 0 Å². The third kappa shape index (κ3) is 4.55. The molecule has 1 aromatic rings. The zero-order valence-electron chi connectivity index (χ0n) is 16.3. The standard InChI is InChI=1S/C20H29NO5/c1-6-13(3)26-17-11-10-15(12-16(17)18(22)25-7-2)21-19(23)20(4,24-5)14-8-9-14/h10-14H,6-9H2,1-5H3,(H,21,23)/t13-,20-/m0/s1. The van der Waals surface area contributed by atoms with Crippen molar-refractivity contribution in [1.29, 1.82) is 0 Å². The number of benzene rings is 1. The van der Waals surface area contributed by atoms with Gasteiger partial charge in [0.15, 0.2) is 0 Å². The molecule has 0 unspecified atom stereocenters. The van der Waals surface area contributed by atoms with E-state index in [4.69, 9.17) is 14.2 Å². The summed E-state index contributed by atoms with van der Waals surface area (Å²) in [7, 11) is 1.55. The van der Waals surface area contributed by atoms with Crippen LogP contribution in [-0.4, -0.2) is 37.3 Å². The first kappa shape index (κ1) is 20.2. The van der Waals surface area contributed by atoms with Crippen LogP contribution in [0.5, 0.6) is 5.75 Å². The Morgan fingerprint density at radius 1 is 1.31 bits per heavy atom. The molecule has 1 N–H and O–H groups in total. The summed E-state index contributed by atoms with van der Waals surface area (Å²) in [6.07, 6.45) is 2.74. The summed E-state index contributed by atoms with van der Waals surface area (Å²) in [5, 5.41) is 2.86. The maximum absolute atomic E-state index is 12.7. The van der Waals surface area contributed by atoms with Crippen molar-refractivity contribution >= 4 is 17.6 Å². The minimum absolute atomic E-state index is 0.0322. The lowest BCUT2D eigenvalue weighted by molar-refractivity contribution is -0.138. The molecule has 1 aliphatic rings. The second-order valence-electron chi connectivity index (χ2n) is 6.81. The normalized spacial score (nSPS) is 17.1. The summed E-state index contributed by atoms with van der Waals surface area (Å²) in [4.78, 5) is 25.0. The first-order valence-electron chi connectivity index (χ1n) is 9.20. The smallest absolute Gasteiger partial charge is 0.341 e. The fourth-order valence-electron chi connectivity index (χ4n) is 2.71. The van der Waals surface area contributed by atoms with Gasteiger partial charge in [-0.25, -0.2) is 4.79 Å². The summed E-state index contributed by atoms with van der Waals surface area (Å²) in [5.74, 6) is -0.0102. The van der Waals surface area contributed by atoms with Crippen LogP contribution in [0.25, 0.3) is 0 Å². The summed E-state index contributed by atoms with van der Waals surface area (Å²) < 4.78 is 16.4. The Hall–Kier alpha value is -2.08. The van der Waals surface area contributed by atoms with E-state index in [9.17, 15) is 9.59 Å². The maximum atomic E-state index is 12.7. The Labute approximate surface area is 155 Å². The van der Waals surface area contributed by atoms with Crippen LogP contribution in [0, 0.1) is 5.92 Å². The third-order valence-corrected chi connectivity index (χ3v) is 4.87. The fourth-order valence-corrected chi connectivity index (χ4v) is 2.71. The number of nitrogens with one attached hydrogen (secondary N) is 1. The van der Waals surface area contributed by atoms with Crippen LogP contribution in [0.3, 0.4) is 0 Å². The minimum atomic E-state index is -0.865. The van der Waals surface area contributed by atoms with Gasteiger partial charge in [-0.05, 0) is 64.2 Å². The van der Waals surface area contributed by atoms with E-state index in [0.29, 0.717) is 17.0 Å². The summed E-state index contributed by atoms with van der Waals surface area (Å²) in [6, 6.07) is 5.01. The van der Waals surface area contributed by atoms with Crippen molar-refractivity contribution < 1.29 is 23.8 Å². The summed E-state index contributed by atoms with van der Waals surface area (Å²) >= 11 is 0. The van der Waals surface area contributed by atoms with Gasteiger partial charge in [-0.3, -0.25) is 4.79 Å². The van der Waals surface area contributed by atoms with E-state index in [1.807, 2.05) is 13.8 Å². The van der Waals surface area contributed by atoms with E-state index in [1.54, 1.807) is 39.2 Å². The second kappa shape index (κ2) is 8.54. The molecule has 6 heteroatoms. The molecule has 0 saturated heterocycles. The first-order valence-corrected chi connectivity index (χ1v) is 9.20. The molecule has 26 heavy (non-hydrogen) atoms. The predicted molar refractivity (Wildman–Crippen MR) is 99.5 cm³/mol. The number of carbonyl (C=O) groups excluding carboxylic acids is 2. The van der Waals surface area contributed by atoms with Gasteiger partial charge in [0.05, 0.1) is 12.7 Å². The van der Waals surface area contributed by atoms with Crippen LogP contribution in [0.15, 0.2) is 18.2 Å². The zero-order chi connectivity index (χ0) is 19.3. The SMILES string of the molecule is CCOC(=O)c1cc(NC(=O)[C@@](C)(OC)C2CC2)ccc1O[C@@H](C)CC. The summed E-state index contributed by atoms with van der Waals surface area (Å²) in [6.45, 7) is 7.75. The van der Waals surface area contributed by atoms with Crippen LogP contribution in [0.4, 0.5) is 5.69 Å². The lowest BCUT2D eigenvalue weighted by atomic mass is 9.99. The van der Waals surface area contributed by atoms with E-state index in [1.165, 1.54) is 0 Å². The van der Waals surface area contributed by atoms with Crippen molar-refractivity contribution in [2.24, 2.45) is 5.92 Å². The fraction of sp³-hybridized carbons (Fsp3) is 0.600. The Balaban J connectivity index is 2.25. The van der Waals surface area contributed by atoms with E-state index in [-0.39, 0.29) is 24.5 Å². The average molecular weight is 363 g/mol. The lowest BCUT2D eigenvalue weighted by Gasteiger charge is -2.27. The highest BCUT2D eigenvalue weighted by molar-refractivity contribution is 6.00. The van der Waals surface area contributed by atoms with Crippen molar-refractivity contribution in [3.8, 4) is 5.75 Å². The number of esters is 1. The Morgan fingerprint density at radius 3 is 2.54 bits per heavy atom. The van der Waals surface area contributed by atoms with Gasteiger partial charge in [-0.2, -0.15) is 0 Å². The van der Waals surface area contributed by atoms with Crippen molar-refractivity contribution in [1.82, 2.24) is 0 Å². The van der Waals surface area contributed by atoms with E-state index >= 15 is 0 Å². The molecule has 0 aromatic heterocycles. The molecule has 1 aromatic carbocycles. The molecule has 1 saturated carbocycles. The van der Waals surface area contributed by atoms with Crippen LogP contribution in [-0.2, 0) is 14.3 Å². The number of ether oxygens (including phenoxy) is 3. The van der Waals surface area contributed by atoms with Gasteiger partial charge in [0.25, 0.3) is 5.91 Å². The quantitative estimate of drug-likeness (QED) is 0.676. The number of methoxy groups -OCH3 is 1. The van der Waals surface area contributed by atoms with Crippen molar-refractivity contribution in [2.75, 3.05) is 19.0 Å². The number of anilines is 1. The number of carbonyl (C=O) groups is 2. The molecular formula is C20H29NO5. The van der Waals surface area contributed by atoms with Gasteiger partial charge < -0.3 is 19.5 Å². The van der Waals surface area contributed by atoms with Crippen molar-refractivity contribution in [3.05, 3.63) is 23.8 Å². The van der Waals surface area contributed by atoms with Crippen LogP contribution >= 0.6 is 0 Å². The van der Waals surface area contributed by atoms with Crippen LogP contribution in [0.1, 0.15) is 57.3 Å². The highest BCUT2D eigenvalue weighted by Crippen LogP contribution is 2.42. The molecule has 0 aliphatic heterocycles.